The lowest BCUT2D eigenvalue weighted by atomic mass is 9.73. The van der Waals surface area contributed by atoms with Gasteiger partial charge in [-0.25, -0.2) is 9.78 Å². The number of halogens is 3. The molecule has 2 fully saturated rings. The van der Waals surface area contributed by atoms with Crippen LogP contribution < -0.4 is 0 Å². The second-order valence-corrected chi connectivity index (χ2v) is 7.24. The van der Waals surface area contributed by atoms with E-state index in [-0.39, 0.29) is 17.4 Å². The first-order chi connectivity index (χ1) is 13.6. The number of carboxylic acids is 1. The van der Waals surface area contributed by atoms with Gasteiger partial charge in [0.05, 0.1) is 12.7 Å². The van der Waals surface area contributed by atoms with Gasteiger partial charge in [-0.2, -0.15) is 13.2 Å². The Bertz CT molecular complexity index is 724. The molecule has 2 aliphatic rings. The second-order valence-electron chi connectivity index (χ2n) is 7.24. The van der Waals surface area contributed by atoms with Crippen molar-refractivity contribution in [1.29, 1.82) is 0 Å². The number of amides is 1. The smallest absolute Gasteiger partial charge is 0.475 e. The first-order valence-corrected chi connectivity index (χ1v) is 9.22. The van der Waals surface area contributed by atoms with E-state index in [1.807, 2.05) is 24.0 Å². The number of carbonyl (C=O) groups excluding carboxylic acids is 1. The van der Waals surface area contributed by atoms with Gasteiger partial charge in [0.2, 0.25) is 0 Å². The molecule has 0 radical (unpaired) electrons. The van der Waals surface area contributed by atoms with Gasteiger partial charge in [0, 0.05) is 37.9 Å². The summed E-state index contributed by atoms with van der Waals surface area (Å²) in [5.74, 6) is -2.74. The molecule has 3 rings (SSSR count). The molecule has 10 heteroatoms. The lowest BCUT2D eigenvalue weighted by molar-refractivity contribution is -0.192. The summed E-state index contributed by atoms with van der Waals surface area (Å²) in [5.41, 5.74) is 1.33. The Morgan fingerprint density at radius 3 is 2.69 bits per heavy atom. The number of carbonyl (C=O) groups is 2. The number of pyridine rings is 1. The third-order valence-electron chi connectivity index (χ3n) is 5.06. The van der Waals surface area contributed by atoms with Crippen LogP contribution in [-0.4, -0.2) is 72.6 Å². The normalized spacial score (nSPS) is 24.2. The Morgan fingerprint density at radius 1 is 1.41 bits per heavy atom. The van der Waals surface area contributed by atoms with E-state index in [4.69, 9.17) is 19.4 Å². The van der Waals surface area contributed by atoms with E-state index in [9.17, 15) is 18.0 Å². The van der Waals surface area contributed by atoms with Gasteiger partial charge >= 0.3 is 12.1 Å². The number of aliphatic carboxylic acids is 1. The van der Waals surface area contributed by atoms with Gasteiger partial charge in [-0.1, -0.05) is 6.07 Å². The van der Waals surface area contributed by atoms with Gasteiger partial charge in [-0.15, -0.1) is 0 Å². The molecular formula is C19H25F3N2O5. The molecule has 0 aliphatic carbocycles. The minimum atomic E-state index is -5.08. The number of aryl methyl sites for hydroxylation is 1. The summed E-state index contributed by atoms with van der Waals surface area (Å²) in [6.45, 7) is 4.79. The van der Waals surface area contributed by atoms with Crippen molar-refractivity contribution in [3.8, 4) is 0 Å². The zero-order valence-corrected chi connectivity index (χ0v) is 16.4. The SMILES string of the molecule is COCC12CCCOC1CCN(C(=O)c1cccc(C)n1)C2.O=C(O)C(F)(F)F. The van der Waals surface area contributed by atoms with E-state index in [1.165, 1.54) is 0 Å². The first-order valence-electron chi connectivity index (χ1n) is 9.22. The van der Waals surface area contributed by atoms with Gasteiger partial charge in [0.25, 0.3) is 5.91 Å². The molecule has 162 valence electrons. The number of rotatable bonds is 3. The average Bonchev–Trinajstić information content (AvgIpc) is 2.66. The molecule has 2 atom stereocenters. The number of nitrogens with zero attached hydrogens (tertiary/aromatic N) is 2. The van der Waals surface area contributed by atoms with Crippen LogP contribution in [0.4, 0.5) is 13.2 Å². The summed E-state index contributed by atoms with van der Waals surface area (Å²) >= 11 is 0. The van der Waals surface area contributed by atoms with Crippen molar-refractivity contribution in [2.45, 2.75) is 38.5 Å². The lowest BCUT2D eigenvalue weighted by Crippen LogP contribution is -2.58. The zero-order valence-electron chi connectivity index (χ0n) is 16.4. The monoisotopic (exact) mass is 418 g/mol. The summed E-state index contributed by atoms with van der Waals surface area (Å²) in [6.07, 6.45) is -1.92. The van der Waals surface area contributed by atoms with Crippen LogP contribution in [0.25, 0.3) is 0 Å². The van der Waals surface area contributed by atoms with Crippen LogP contribution in [0.5, 0.6) is 0 Å². The molecule has 7 nitrogen and oxygen atoms in total. The fourth-order valence-electron chi connectivity index (χ4n) is 3.79. The molecule has 2 unspecified atom stereocenters. The highest BCUT2D eigenvalue weighted by atomic mass is 19.4. The molecule has 1 amide bonds. The van der Waals surface area contributed by atoms with Crippen molar-refractivity contribution in [3.63, 3.8) is 0 Å². The van der Waals surface area contributed by atoms with Crippen molar-refractivity contribution in [2.24, 2.45) is 5.41 Å². The van der Waals surface area contributed by atoms with Crippen molar-refractivity contribution < 1.29 is 37.3 Å². The van der Waals surface area contributed by atoms with E-state index >= 15 is 0 Å². The third kappa shape index (κ3) is 5.89. The highest BCUT2D eigenvalue weighted by Gasteiger charge is 2.47. The minimum Gasteiger partial charge on any atom is -0.475 e. The fraction of sp³-hybridized carbons (Fsp3) is 0.632. The Morgan fingerprint density at radius 2 is 2.10 bits per heavy atom. The molecule has 2 saturated heterocycles. The fourth-order valence-corrected chi connectivity index (χ4v) is 3.79. The van der Waals surface area contributed by atoms with Crippen LogP contribution >= 0.6 is 0 Å². The predicted octanol–water partition coefficient (Wildman–Crippen LogP) is 2.68. The average molecular weight is 418 g/mol. The Labute approximate surface area is 166 Å². The largest absolute Gasteiger partial charge is 0.490 e. The maximum Gasteiger partial charge on any atom is 0.490 e. The van der Waals surface area contributed by atoms with E-state index in [0.717, 1.165) is 38.1 Å². The first kappa shape index (κ1) is 23.1. The van der Waals surface area contributed by atoms with Crippen LogP contribution in [0.15, 0.2) is 18.2 Å². The molecule has 0 aromatic carbocycles. The summed E-state index contributed by atoms with van der Waals surface area (Å²) < 4.78 is 43.2. The maximum atomic E-state index is 12.8. The van der Waals surface area contributed by atoms with Crippen molar-refractivity contribution in [3.05, 3.63) is 29.6 Å². The van der Waals surface area contributed by atoms with E-state index in [2.05, 4.69) is 4.98 Å². The molecule has 2 aliphatic heterocycles. The lowest BCUT2D eigenvalue weighted by Gasteiger charge is -2.50. The van der Waals surface area contributed by atoms with Crippen LogP contribution in [0.3, 0.4) is 0 Å². The van der Waals surface area contributed by atoms with E-state index in [1.54, 1.807) is 13.2 Å². The third-order valence-corrected chi connectivity index (χ3v) is 5.06. The molecule has 3 heterocycles. The molecule has 1 aromatic rings. The molecule has 0 saturated carbocycles. The van der Waals surface area contributed by atoms with Gasteiger partial charge < -0.3 is 19.5 Å². The topological polar surface area (TPSA) is 89.0 Å². The molecule has 1 aromatic heterocycles. The van der Waals surface area contributed by atoms with Crippen LogP contribution in [0, 0.1) is 12.3 Å². The van der Waals surface area contributed by atoms with E-state index < -0.39 is 12.1 Å². The highest BCUT2D eigenvalue weighted by Crippen LogP contribution is 2.40. The number of hydrogen-bond acceptors (Lipinski definition) is 5. The number of methoxy groups -OCH3 is 1. The van der Waals surface area contributed by atoms with E-state index in [0.29, 0.717) is 18.8 Å². The van der Waals surface area contributed by atoms with Gasteiger partial charge in [0.15, 0.2) is 0 Å². The van der Waals surface area contributed by atoms with Crippen LogP contribution in [-0.2, 0) is 14.3 Å². The van der Waals surface area contributed by atoms with Crippen LogP contribution in [0.1, 0.15) is 35.4 Å². The number of aromatic nitrogens is 1. The summed E-state index contributed by atoms with van der Waals surface area (Å²) in [7, 11) is 1.73. The highest BCUT2D eigenvalue weighted by molar-refractivity contribution is 5.92. The van der Waals surface area contributed by atoms with Crippen LogP contribution in [0.2, 0.25) is 0 Å². The summed E-state index contributed by atoms with van der Waals surface area (Å²) in [6, 6.07) is 5.59. The summed E-state index contributed by atoms with van der Waals surface area (Å²) in [4.78, 5) is 27.9. The molecule has 0 bridgehead atoms. The minimum absolute atomic E-state index is 0.0169. The maximum absolute atomic E-state index is 12.8. The predicted molar refractivity (Wildman–Crippen MR) is 96.5 cm³/mol. The quantitative estimate of drug-likeness (QED) is 0.812. The Kier molecular flexibility index (Phi) is 7.59. The molecule has 29 heavy (non-hydrogen) atoms. The number of hydrogen-bond donors (Lipinski definition) is 1. The molecular weight excluding hydrogens is 393 g/mol. The number of fused-ring (bicyclic) bond motifs is 1. The zero-order chi connectivity index (χ0) is 21.7. The number of piperidine rings is 1. The van der Waals surface area contributed by atoms with Crippen molar-refractivity contribution in [1.82, 2.24) is 9.88 Å². The number of carboxylic acid groups (broad SMARTS) is 1. The number of alkyl halides is 3. The standard InChI is InChI=1S/C17H24N2O3.C2HF3O2/c1-13-5-3-6-14(18-13)16(20)19-9-7-15-17(11-19,12-21-2)8-4-10-22-15;3-2(4,5)1(6)7/h3,5-6,15H,4,7-12H2,1-2H3;(H,6,7). The number of likely N-dealkylation sites (tertiary alicyclic amines) is 1. The number of ether oxygens (including phenoxy) is 2. The molecule has 1 N–H and O–H groups in total. The summed E-state index contributed by atoms with van der Waals surface area (Å²) in [5, 5.41) is 7.12. The van der Waals surface area contributed by atoms with Crippen molar-refractivity contribution in [2.75, 3.05) is 33.4 Å². The Hall–Kier alpha value is -2.20. The van der Waals surface area contributed by atoms with Gasteiger partial charge in [-0.3, -0.25) is 4.79 Å². The van der Waals surface area contributed by atoms with Crippen molar-refractivity contribution >= 4 is 11.9 Å². The van der Waals surface area contributed by atoms with Gasteiger partial charge in [0.1, 0.15) is 5.69 Å². The second kappa shape index (κ2) is 9.53. The van der Waals surface area contributed by atoms with Gasteiger partial charge in [-0.05, 0) is 38.3 Å². The molecule has 0 spiro atoms. The Balaban J connectivity index is 0.000000370.